The van der Waals surface area contributed by atoms with Gasteiger partial charge in [0.25, 0.3) is 0 Å². The molecule has 0 saturated carbocycles. The number of ether oxygens (including phenoxy) is 1. The molecule has 17 heavy (non-hydrogen) atoms. The van der Waals surface area contributed by atoms with Crippen LogP contribution in [0.3, 0.4) is 0 Å². The second kappa shape index (κ2) is 3.72. The van der Waals surface area contributed by atoms with Crippen LogP contribution in [0.1, 0.15) is 33.6 Å². The Labute approximate surface area is 103 Å². The maximum absolute atomic E-state index is 11.7. The fraction of sp³-hybridized carbons (Fsp3) is 0.667. The topological polar surface area (TPSA) is 26.3 Å². The highest BCUT2D eigenvalue weighted by atomic mass is 16.6. The quantitative estimate of drug-likeness (QED) is 0.474. The molecule has 0 aromatic rings. The molecule has 0 aromatic heterocycles. The Morgan fingerprint density at radius 3 is 2.76 bits per heavy atom. The minimum atomic E-state index is -0.0119. The van der Waals surface area contributed by atoms with Gasteiger partial charge >= 0.3 is 5.97 Å². The molecule has 1 fully saturated rings. The van der Waals surface area contributed by atoms with Crippen LogP contribution in [0.15, 0.2) is 23.3 Å². The van der Waals surface area contributed by atoms with Crippen molar-refractivity contribution in [3.05, 3.63) is 23.3 Å². The number of hydrogen-bond donors (Lipinski definition) is 0. The molecule has 92 valence electrons. The molecule has 1 heterocycles. The fourth-order valence-corrected chi connectivity index (χ4v) is 3.76. The van der Waals surface area contributed by atoms with Crippen molar-refractivity contribution in [2.24, 2.45) is 23.7 Å². The van der Waals surface area contributed by atoms with Crippen molar-refractivity contribution in [1.82, 2.24) is 0 Å². The van der Waals surface area contributed by atoms with Gasteiger partial charge in [-0.3, -0.25) is 4.79 Å². The molecular weight excluding hydrogens is 212 g/mol. The maximum atomic E-state index is 11.7. The van der Waals surface area contributed by atoms with Gasteiger partial charge in [-0.05, 0) is 44.6 Å². The lowest BCUT2D eigenvalue weighted by Crippen LogP contribution is -2.21. The van der Waals surface area contributed by atoms with E-state index in [2.05, 4.69) is 26.0 Å². The Kier molecular flexibility index (Phi) is 2.42. The number of carbonyl (C=O) groups is 1. The van der Waals surface area contributed by atoms with Gasteiger partial charge in [-0.1, -0.05) is 24.1 Å². The number of allylic oxidation sites excluding steroid dienone is 3. The molecule has 0 aromatic carbocycles. The first kappa shape index (κ1) is 11.1. The van der Waals surface area contributed by atoms with E-state index >= 15 is 0 Å². The Bertz CT molecular complexity index is 419. The van der Waals surface area contributed by atoms with Gasteiger partial charge in [0.1, 0.15) is 6.10 Å². The predicted octanol–water partition coefficient (Wildman–Crippen LogP) is 3.10. The van der Waals surface area contributed by atoms with E-state index in [0.29, 0.717) is 17.8 Å². The van der Waals surface area contributed by atoms with Crippen LogP contribution in [0, 0.1) is 23.7 Å². The smallest absolute Gasteiger partial charge is 0.309 e. The summed E-state index contributed by atoms with van der Waals surface area (Å²) in [5.74, 6) is 1.73. The van der Waals surface area contributed by atoms with Gasteiger partial charge in [-0.15, -0.1) is 0 Å². The van der Waals surface area contributed by atoms with Crippen LogP contribution < -0.4 is 0 Å². The largest absolute Gasteiger partial charge is 0.458 e. The number of carbonyl (C=O) groups excluding carboxylic acids is 1. The number of rotatable bonds is 0. The van der Waals surface area contributed by atoms with Crippen LogP contribution in [-0.2, 0) is 9.53 Å². The molecule has 0 spiro atoms. The second-order valence-corrected chi connectivity index (χ2v) is 5.90. The van der Waals surface area contributed by atoms with Gasteiger partial charge in [0, 0.05) is 5.92 Å². The van der Waals surface area contributed by atoms with Crippen molar-refractivity contribution in [2.45, 2.75) is 39.7 Å². The van der Waals surface area contributed by atoms with Gasteiger partial charge in [0.15, 0.2) is 0 Å². The van der Waals surface area contributed by atoms with E-state index in [-0.39, 0.29) is 18.0 Å². The molecule has 2 heteroatoms. The monoisotopic (exact) mass is 232 g/mol. The summed E-state index contributed by atoms with van der Waals surface area (Å²) in [5, 5.41) is 0. The molecule has 0 amide bonds. The molecule has 1 aliphatic heterocycles. The van der Waals surface area contributed by atoms with Crippen LogP contribution in [0.4, 0.5) is 0 Å². The second-order valence-electron chi connectivity index (χ2n) is 5.90. The molecule has 0 bridgehead atoms. The molecule has 3 aliphatic rings. The van der Waals surface area contributed by atoms with E-state index in [9.17, 15) is 4.79 Å². The van der Waals surface area contributed by atoms with E-state index in [1.54, 1.807) is 0 Å². The Morgan fingerprint density at radius 2 is 2.00 bits per heavy atom. The zero-order chi connectivity index (χ0) is 12.2. The summed E-state index contributed by atoms with van der Waals surface area (Å²) in [6.07, 6.45) is 6.90. The summed E-state index contributed by atoms with van der Waals surface area (Å²) in [6.45, 7) is 6.45. The van der Waals surface area contributed by atoms with Gasteiger partial charge in [0.2, 0.25) is 0 Å². The third-order valence-corrected chi connectivity index (χ3v) is 4.99. The van der Waals surface area contributed by atoms with Crippen molar-refractivity contribution >= 4 is 5.97 Å². The first-order valence-electron chi connectivity index (χ1n) is 6.63. The lowest BCUT2D eigenvalue weighted by atomic mass is 9.79. The molecular formula is C15H20O2. The summed E-state index contributed by atoms with van der Waals surface area (Å²) in [7, 11) is 0. The van der Waals surface area contributed by atoms with Gasteiger partial charge in [0.05, 0.1) is 5.92 Å². The average Bonchev–Trinajstić information content (AvgIpc) is 2.71. The normalized spacial score (nSPS) is 44.4. The Morgan fingerprint density at radius 1 is 1.24 bits per heavy atom. The standard InChI is InChI=1S/C15H20O2/c1-8-4-5-11-9(2)6-14-13(7-12(8)11)10(3)15(16)17-14/h4,6,10-14H,5,7H2,1-3H3/t10-,11-,12-,13+,14-/m0/s1. The zero-order valence-corrected chi connectivity index (χ0v) is 10.8. The molecule has 2 nitrogen and oxygen atoms in total. The van der Waals surface area contributed by atoms with Crippen LogP contribution in [0.2, 0.25) is 0 Å². The SMILES string of the molecule is CC1=C[C@@H]2OC(=O)[C@@H](C)[C@H]2C[C@H]2C(C)=CC[C@@H]12. The molecule has 1 saturated heterocycles. The highest BCUT2D eigenvalue weighted by Crippen LogP contribution is 2.47. The first-order chi connectivity index (χ1) is 8.08. The molecule has 0 radical (unpaired) electrons. The minimum absolute atomic E-state index is 0.0119. The van der Waals surface area contributed by atoms with Crippen molar-refractivity contribution in [3.63, 3.8) is 0 Å². The third-order valence-electron chi connectivity index (χ3n) is 4.99. The summed E-state index contributed by atoms with van der Waals surface area (Å²) < 4.78 is 5.49. The third kappa shape index (κ3) is 1.57. The highest BCUT2D eigenvalue weighted by Gasteiger charge is 2.45. The summed E-state index contributed by atoms with van der Waals surface area (Å²) >= 11 is 0. The van der Waals surface area contributed by atoms with E-state index in [1.165, 1.54) is 17.6 Å². The van der Waals surface area contributed by atoms with E-state index in [4.69, 9.17) is 4.74 Å². The summed E-state index contributed by atoms with van der Waals surface area (Å²) in [4.78, 5) is 11.7. The van der Waals surface area contributed by atoms with Crippen molar-refractivity contribution in [3.8, 4) is 0 Å². The minimum Gasteiger partial charge on any atom is -0.458 e. The number of esters is 1. The van der Waals surface area contributed by atoms with Crippen LogP contribution in [-0.4, -0.2) is 12.1 Å². The Hall–Kier alpha value is -1.05. The van der Waals surface area contributed by atoms with Crippen molar-refractivity contribution in [2.75, 3.05) is 0 Å². The predicted molar refractivity (Wildman–Crippen MR) is 66.3 cm³/mol. The molecule has 5 atom stereocenters. The number of hydrogen-bond acceptors (Lipinski definition) is 2. The zero-order valence-electron chi connectivity index (χ0n) is 10.8. The summed E-state index contributed by atoms with van der Waals surface area (Å²) in [5.41, 5.74) is 2.92. The molecule has 0 unspecified atom stereocenters. The first-order valence-corrected chi connectivity index (χ1v) is 6.63. The lowest BCUT2D eigenvalue weighted by molar-refractivity contribution is -0.142. The van der Waals surface area contributed by atoms with Crippen molar-refractivity contribution < 1.29 is 9.53 Å². The van der Waals surface area contributed by atoms with Crippen LogP contribution >= 0.6 is 0 Å². The van der Waals surface area contributed by atoms with E-state index < -0.39 is 0 Å². The fourth-order valence-electron chi connectivity index (χ4n) is 3.76. The average molecular weight is 232 g/mol. The molecule has 0 N–H and O–H groups in total. The molecule has 3 rings (SSSR count). The summed E-state index contributed by atoms with van der Waals surface area (Å²) in [6, 6.07) is 0. The maximum Gasteiger partial charge on any atom is 0.309 e. The number of fused-ring (bicyclic) bond motifs is 2. The molecule has 2 aliphatic carbocycles. The van der Waals surface area contributed by atoms with Gasteiger partial charge in [-0.25, -0.2) is 0 Å². The van der Waals surface area contributed by atoms with E-state index in [0.717, 1.165) is 6.42 Å². The van der Waals surface area contributed by atoms with Gasteiger partial charge in [-0.2, -0.15) is 0 Å². The highest BCUT2D eigenvalue weighted by molar-refractivity contribution is 5.75. The van der Waals surface area contributed by atoms with E-state index in [1.807, 2.05) is 6.92 Å². The van der Waals surface area contributed by atoms with Gasteiger partial charge < -0.3 is 4.74 Å². The van der Waals surface area contributed by atoms with Crippen LogP contribution in [0.25, 0.3) is 0 Å². The van der Waals surface area contributed by atoms with Crippen molar-refractivity contribution in [1.29, 1.82) is 0 Å². The van der Waals surface area contributed by atoms with Crippen LogP contribution in [0.5, 0.6) is 0 Å². The Balaban J connectivity index is 1.95. The lowest BCUT2D eigenvalue weighted by Gasteiger charge is -2.23.